The fraction of sp³-hybridized carbons (Fsp3) is 0.692. The Balaban J connectivity index is 2.01. The van der Waals surface area contributed by atoms with E-state index in [0.717, 1.165) is 25.7 Å². The van der Waals surface area contributed by atoms with Gasteiger partial charge in [-0.1, -0.05) is 25.7 Å². The molecule has 6 heteroatoms. The van der Waals surface area contributed by atoms with Gasteiger partial charge in [-0.2, -0.15) is 0 Å². The molecular formula is C13H23N3O2S. The first-order valence-corrected chi connectivity index (χ1v) is 8.30. The van der Waals surface area contributed by atoms with E-state index >= 15 is 0 Å². The molecule has 0 atom stereocenters. The van der Waals surface area contributed by atoms with Crippen molar-refractivity contribution >= 4 is 10.0 Å². The fourth-order valence-electron chi connectivity index (χ4n) is 2.57. The van der Waals surface area contributed by atoms with Crippen molar-refractivity contribution in [2.75, 3.05) is 6.54 Å². The molecule has 0 aromatic carbocycles. The monoisotopic (exact) mass is 285 g/mol. The van der Waals surface area contributed by atoms with Gasteiger partial charge in [-0.3, -0.25) is 0 Å². The van der Waals surface area contributed by atoms with E-state index in [9.17, 15) is 8.42 Å². The Bertz CT molecular complexity index is 514. The lowest BCUT2D eigenvalue weighted by Gasteiger charge is -2.28. The van der Waals surface area contributed by atoms with E-state index in [0.29, 0.717) is 11.4 Å². The lowest BCUT2D eigenvalue weighted by molar-refractivity contribution is 0.369. The molecule has 0 spiro atoms. The van der Waals surface area contributed by atoms with Crippen LogP contribution in [0.3, 0.4) is 0 Å². The maximum Gasteiger partial charge on any atom is 0.242 e. The van der Waals surface area contributed by atoms with Gasteiger partial charge in [-0.15, -0.1) is 0 Å². The van der Waals surface area contributed by atoms with E-state index in [4.69, 9.17) is 5.73 Å². The van der Waals surface area contributed by atoms with E-state index in [-0.39, 0.29) is 0 Å². The first kappa shape index (κ1) is 14.6. The lowest BCUT2D eigenvalue weighted by atomic mass is 9.92. The number of hydrogen-bond acceptors (Lipinski definition) is 3. The molecule has 0 aliphatic heterocycles. The highest BCUT2D eigenvalue weighted by atomic mass is 32.2. The van der Waals surface area contributed by atoms with Crippen LogP contribution in [-0.2, 0) is 17.1 Å². The lowest BCUT2D eigenvalue weighted by Crippen LogP contribution is -2.49. The highest BCUT2D eigenvalue weighted by Crippen LogP contribution is 2.24. The highest BCUT2D eigenvalue weighted by molar-refractivity contribution is 7.89. The van der Waals surface area contributed by atoms with Crippen molar-refractivity contribution in [1.29, 1.82) is 0 Å². The molecule has 1 fully saturated rings. The maximum absolute atomic E-state index is 12.1. The van der Waals surface area contributed by atoms with Crippen LogP contribution in [0.5, 0.6) is 0 Å². The molecule has 0 radical (unpaired) electrons. The second kappa shape index (κ2) is 5.64. The minimum Gasteiger partial charge on any atom is -0.356 e. The van der Waals surface area contributed by atoms with Crippen LogP contribution in [0.15, 0.2) is 23.4 Å². The molecule has 108 valence electrons. The third kappa shape index (κ3) is 3.81. The molecule has 1 aliphatic carbocycles. The Kier molecular flexibility index (Phi) is 4.32. The Morgan fingerprint density at radius 3 is 2.47 bits per heavy atom. The summed E-state index contributed by atoms with van der Waals surface area (Å²) < 4.78 is 28.7. The van der Waals surface area contributed by atoms with Crippen molar-refractivity contribution in [2.45, 2.75) is 49.0 Å². The fourth-order valence-corrected chi connectivity index (χ4v) is 3.76. The van der Waals surface area contributed by atoms with Crippen molar-refractivity contribution in [3.63, 3.8) is 0 Å². The molecule has 3 N–H and O–H groups in total. The Morgan fingerprint density at radius 2 is 1.95 bits per heavy atom. The molecule has 1 aromatic rings. The summed E-state index contributed by atoms with van der Waals surface area (Å²) in [6.07, 6.45) is 9.67. The number of aromatic nitrogens is 1. The molecule has 1 heterocycles. The quantitative estimate of drug-likeness (QED) is 0.820. The summed E-state index contributed by atoms with van der Waals surface area (Å²) in [6, 6.07) is 1.60. The largest absolute Gasteiger partial charge is 0.356 e. The van der Waals surface area contributed by atoms with E-state index in [1.54, 1.807) is 30.1 Å². The zero-order chi connectivity index (χ0) is 13.9. The van der Waals surface area contributed by atoms with Crippen LogP contribution in [0.4, 0.5) is 0 Å². The Labute approximate surface area is 115 Å². The number of nitrogens with two attached hydrogens (primary N) is 1. The molecule has 1 saturated carbocycles. The van der Waals surface area contributed by atoms with Gasteiger partial charge in [0, 0.05) is 31.5 Å². The zero-order valence-corrected chi connectivity index (χ0v) is 12.2. The van der Waals surface area contributed by atoms with Gasteiger partial charge in [0.15, 0.2) is 0 Å². The standard InChI is InChI=1S/C13H23N3O2S/c1-16-9-6-12(10-16)19(17,18)15-11-13(14)7-4-2-3-5-8-13/h6,9-10,15H,2-5,7-8,11,14H2,1H3. The minimum absolute atomic E-state index is 0.298. The summed E-state index contributed by atoms with van der Waals surface area (Å²) in [5.41, 5.74) is 5.93. The number of aryl methyl sites for hydroxylation is 1. The summed E-state index contributed by atoms with van der Waals surface area (Å²) >= 11 is 0. The molecule has 1 aromatic heterocycles. The predicted octanol–water partition coefficient (Wildman–Crippen LogP) is 1.36. The van der Waals surface area contributed by atoms with Crippen LogP contribution in [0.25, 0.3) is 0 Å². The second-order valence-corrected chi connectivity index (χ2v) is 7.38. The first-order chi connectivity index (χ1) is 8.91. The van der Waals surface area contributed by atoms with E-state index in [2.05, 4.69) is 4.72 Å². The molecule has 1 aliphatic rings. The predicted molar refractivity (Wildman–Crippen MR) is 75.2 cm³/mol. The summed E-state index contributed by atoms with van der Waals surface area (Å²) in [4.78, 5) is 0.298. The number of rotatable bonds is 4. The van der Waals surface area contributed by atoms with E-state index < -0.39 is 15.6 Å². The normalized spacial score (nSPS) is 20.1. The van der Waals surface area contributed by atoms with Crippen LogP contribution in [0.1, 0.15) is 38.5 Å². The van der Waals surface area contributed by atoms with Gasteiger partial charge in [0.05, 0.1) is 4.90 Å². The van der Waals surface area contributed by atoms with Crippen LogP contribution in [-0.4, -0.2) is 25.1 Å². The molecule has 2 rings (SSSR count). The molecule has 19 heavy (non-hydrogen) atoms. The number of nitrogens with zero attached hydrogens (tertiary/aromatic N) is 1. The van der Waals surface area contributed by atoms with Crippen molar-refractivity contribution in [2.24, 2.45) is 12.8 Å². The Hall–Kier alpha value is -0.850. The smallest absolute Gasteiger partial charge is 0.242 e. The third-order valence-electron chi connectivity index (χ3n) is 3.83. The molecule has 0 bridgehead atoms. The van der Waals surface area contributed by atoms with Crippen LogP contribution in [0.2, 0.25) is 0 Å². The average molecular weight is 285 g/mol. The summed E-state index contributed by atoms with van der Waals surface area (Å²) in [5.74, 6) is 0. The topological polar surface area (TPSA) is 77.1 Å². The van der Waals surface area contributed by atoms with Gasteiger partial charge in [0.25, 0.3) is 0 Å². The second-order valence-electron chi connectivity index (χ2n) is 5.61. The molecule has 0 amide bonds. The summed E-state index contributed by atoms with van der Waals surface area (Å²) in [5, 5.41) is 0. The molecule has 5 nitrogen and oxygen atoms in total. The summed E-state index contributed by atoms with van der Waals surface area (Å²) in [7, 11) is -1.64. The number of sulfonamides is 1. The van der Waals surface area contributed by atoms with E-state index in [1.165, 1.54) is 12.8 Å². The summed E-state index contributed by atoms with van der Waals surface area (Å²) in [6.45, 7) is 0.324. The van der Waals surface area contributed by atoms with Gasteiger partial charge < -0.3 is 10.3 Å². The van der Waals surface area contributed by atoms with E-state index in [1.807, 2.05) is 0 Å². The van der Waals surface area contributed by atoms with Crippen molar-refractivity contribution in [3.05, 3.63) is 18.5 Å². The first-order valence-electron chi connectivity index (χ1n) is 6.82. The van der Waals surface area contributed by atoms with Crippen molar-refractivity contribution in [1.82, 2.24) is 9.29 Å². The number of nitrogens with one attached hydrogen (secondary N) is 1. The van der Waals surface area contributed by atoms with Crippen LogP contribution >= 0.6 is 0 Å². The molecular weight excluding hydrogens is 262 g/mol. The van der Waals surface area contributed by atoms with Gasteiger partial charge >= 0.3 is 0 Å². The molecule has 0 saturated heterocycles. The van der Waals surface area contributed by atoms with Gasteiger partial charge in [-0.25, -0.2) is 13.1 Å². The number of hydrogen-bond donors (Lipinski definition) is 2. The molecule has 0 unspecified atom stereocenters. The zero-order valence-electron chi connectivity index (χ0n) is 11.4. The minimum atomic E-state index is -3.44. The van der Waals surface area contributed by atoms with Crippen molar-refractivity contribution < 1.29 is 8.42 Å². The third-order valence-corrected chi connectivity index (χ3v) is 5.22. The van der Waals surface area contributed by atoms with Gasteiger partial charge in [-0.05, 0) is 18.9 Å². The van der Waals surface area contributed by atoms with Crippen molar-refractivity contribution in [3.8, 4) is 0 Å². The Morgan fingerprint density at radius 1 is 1.32 bits per heavy atom. The maximum atomic E-state index is 12.1. The van der Waals surface area contributed by atoms with Gasteiger partial charge in [0.2, 0.25) is 10.0 Å². The highest BCUT2D eigenvalue weighted by Gasteiger charge is 2.28. The van der Waals surface area contributed by atoms with Crippen LogP contribution < -0.4 is 10.5 Å². The SMILES string of the molecule is Cn1ccc(S(=O)(=O)NCC2(N)CCCCCC2)c1. The average Bonchev–Trinajstić information content (AvgIpc) is 2.68. The van der Waals surface area contributed by atoms with Gasteiger partial charge in [0.1, 0.15) is 0 Å². The van der Waals surface area contributed by atoms with Crippen LogP contribution in [0, 0.1) is 0 Å².